The van der Waals surface area contributed by atoms with Gasteiger partial charge in [0.15, 0.2) is 0 Å². The molecule has 1 amide bonds. The van der Waals surface area contributed by atoms with Crippen molar-refractivity contribution in [1.29, 1.82) is 0 Å². The van der Waals surface area contributed by atoms with E-state index in [1.807, 2.05) is 26.0 Å². The maximum absolute atomic E-state index is 13.0. The van der Waals surface area contributed by atoms with E-state index in [2.05, 4.69) is 24.0 Å². The van der Waals surface area contributed by atoms with Gasteiger partial charge in [-0.25, -0.2) is 0 Å². The van der Waals surface area contributed by atoms with E-state index in [0.29, 0.717) is 11.8 Å². The van der Waals surface area contributed by atoms with Gasteiger partial charge in [0, 0.05) is 19.1 Å². The lowest BCUT2D eigenvalue weighted by molar-refractivity contribution is -0.135. The van der Waals surface area contributed by atoms with Crippen LogP contribution in [0.2, 0.25) is 0 Å². The third-order valence-corrected chi connectivity index (χ3v) is 5.55. The fraction of sp³-hybridized carbons (Fsp3) is 0.611. The summed E-state index contributed by atoms with van der Waals surface area (Å²) in [6.45, 7) is 7.92. The minimum atomic E-state index is -0.464. The number of carbonyl (C=O) groups is 1. The fourth-order valence-electron chi connectivity index (χ4n) is 4.26. The van der Waals surface area contributed by atoms with E-state index in [1.165, 1.54) is 12.0 Å². The van der Waals surface area contributed by atoms with Gasteiger partial charge in [0.25, 0.3) is 0 Å². The van der Waals surface area contributed by atoms with E-state index in [1.54, 1.807) is 0 Å². The van der Waals surface area contributed by atoms with Gasteiger partial charge >= 0.3 is 0 Å². The van der Waals surface area contributed by atoms with Gasteiger partial charge < -0.3 is 10.6 Å². The number of amides is 1. The lowest BCUT2D eigenvalue weighted by Crippen LogP contribution is -2.43. The number of rotatable bonds is 2. The smallest absolute Gasteiger partial charge is 0.232 e. The highest BCUT2D eigenvalue weighted by Crippen LogP contribution is 2.39. The van der Waals surface area contributed by atoms with Gasteiger partial charge in [-0.15, -0.1) is 0 Å². The highest BCUT2D eigenvalue weighted by atomic mass is 16.2. The molecule has 0 aromatic heterocycles. The number of benzene rings is 1. The van der Waals surface area contributed by atoms with Crippen LogP contribution in [0, 0.1) is 18.8 Å². The first-order chi connectivity index (χ1) is 9.91. The zero-order valence-corrected chi connectivity index (χ0v) is 13.3. The molecule has 3 nitrogen and oxygen atoms in total. The van der Waals surface area contributed by atoms with Gasteiger partial charge in [-0.1, -0.05) is 24.3 Å². The molecular weight excluding hydrogens is 260 g/mol. The number of hydrogen-bond acceptors (Lipinski definition) is 2. The summed E-state index contributed by atoms with van der Waals surface area (Å²) < 4.78 is 0. The summed E-state index contributed by atoms with van der Waals surface area (Å²) in [5.41, 5.74) is 8.05. The molecule has 0 spiro atoms. The van der Waals surface area contributed by atoms with Crippen molar-refractivity contribution < 1.29 is 4.79 Å². The minimum Gasteiger partial charge on any atom is -0.341 e. The lowest BCUT2D eigenvalue weighted by atomic mass is 9.80. The Morgan fingerprint density at radius 3 is 2.62 bits per heavy atom. The van der Waals surface area contributed by atoms with Crippen LogP contribution in [0.1, 0.15) is 37.8 Å². The number of carbonyl (C=O) groups excluding carboxylic acids is 1. The third-order valence-electron chi connectivity index (χ3n) is 5.55. The molecule has 0 radical (unpaired) electrons. The maximum Gasteiger partial charge on any atom is 0.232 e. The van der Waals surface area contributed by atoms with Gasteiger partial charge in [-0.2, -0.15) is 0 Å². The van der Waals surface area contributed by atoms with Crippen LogP contribution >= 0.6 is 0 Å². The average Bonchev–Trinajstić information content (AvgIpc) is 3.01. The van der Waals surface area contributed by atoms with E-state index in [9.17, 15) is 4.79 Å². The predicted molar refractivity (Wildman–Crippen MR) is 85.0 cm³/mol. The molecule has 1 aromatic rings. The van der Waals surface area contributed by atoms with E-state index in [0.717, 1.165) is 25.1 Å². The molecule has 3 atom stereocenters. The third kappa shape index (κ3) is 2.38. The second-order valence-electron chi connectivity index (χ2n) is 7.32. The molecule has 3 heteroatoms. The molecule has 114 valence electrons. The Morgan fingerprint density at radius 2 is 1.95 bits per heavy atom. The largest absolute Gasteiger partial charge is 0.341 e. The van der Waals surface area contributed by atoms with Crippen LogP contribution in [0.25, 0.3) is 0 Å². The quantitative estimate of drug-likeness (QED) is 0.908. The van der Waals surface area contributed by atoms with Crippen LogP contribution in [0.15, 0.2) is 24.3 Å². The van der Waals surface area contributed by atoms with Crippen LogP contribution in [-0.2, 0) is 10.2 Å². The molecule has 2 N–H and O–H groups in total. The summed E-state index contributed by atoms with van der Waals surface area (Å²) in [5.74, 6) is 1.39. The molecule has 1 aromatic carbocycles. The number of likely N-dealkylation sites (tertiary alicyclic amines) is 1. The first-order valence-corrected chi connectivity index (χ1v) is 8.02. The summed E-state index contributed by atoms with van der Waals surface area (Å²) in [6, 6.07) is 8.49. The molecule has 2 aliphatic rings. The van der Waals surface area contributed by atoms with Crippen molar-refractivity contribution in [3.8, 4) is 0 Å². The van der Waals surface area contributed by atoms with E-state index < -0.39 is 5.41 Å². The van der Waals surface area contributed by atoms with Crippen LogP contribution < -0.4 is 5.73 Å². The van der Waals surface area contributed by atoms with Gasteiger partial charge in [0.1, 0.15) is 0 Å². The minimum absolute atomic E-state index is 0.249. The molecule has 1 aliphatic heterocycles. The van der Waals surface area contributed by atoms with Crippen LogP contribution in [0.5, 0.6) is 0 Å². The van der Waals surface area contributed by atoms with Crippen LogP contribution in [0.3, 0.4) is 0 Å². The van der Waals surface area contributed by atoms with Crippen LogP contribution in [-0.4, -0.2) is 29.9 Å². The van der Waals surface area contributed by atoms with Gasteiger partial charge in [0.05, 0.1) is 5.41 Å². The van der Waals surface area contributed by atoms with E-state index in [-0.39, 0.29) is 11.9 Å². The maximum atomic E-state index is 13.0. The standard InChI is InChI=1S/C18H26N2O/c1-12-6-4-5-7-15(12)18(2,3)17(21)20-10-13-8-9-16(19)14(13)11-20/h4-7,13-14,16H,8-11,19H2,1-3H3. The predicted octanol–water partition coefficient (Wildman–Crippen LogP) is 2.47. The molecule has 1 saturated carbocycles. The second kappa shape index (κ2) is 5.13. The molecule has 2 fully saturated rings. The van der Waals surface area contributed by atoms with Gasteiger partial charge in [0.2, 0.25) is 5.91 Å². The van der Waals surface area contributed by atoms with E-state index in [4.69, 9.17) is 5.73 Å². The Morgan fingerprint density at radius 1 is 1.24 bits per heavy atom. The van der Waals surface area contributed by atoms with Crippen molar-refractivity contribution in [2.75, 3.05) is 13.1 Å². The Hall–Kier alpha value is -1.35. The summed E-state index contributed by atoms with van der Waals surface area (Å²) in [6.07, 6.45) is 2.30. The molecular formula is C18H26N2O. The van der Waals surface area contributed by atoms with Crippen molar-refractivity contribution in [3.05, 3.63) is 35.4 Å². The first kappa shape index (κ1) is 14.6. The molecule has 1 saturated heterocycles. The normalized spacial score (nSPS) is 28.8. The zero-order chi connectivity index (χ0) is 15.2. The lowest BCUT2D eigenvalue weighted by Gasteiger charge is -2.31. The topological polar surface area (TPSA) is 46.3 Å². The Bertz CT molecular complexity index is 552. The summed E-state index contributed by atoms with van der Waals surface area (Å²) in [5, 5.41) is 0. The molecule has 21 heavy (non-hydrogen) atoms. The second-order valence-corrected chi connectivity index (χ2v) is 7.32. The van der Waals surface area contributed by atoms with Crippen LogP contribution in [0.4, 0.5) is 0 Å². The van der Waals surface area contributed by atoms with E-state index >= 15 is 0 Å². The Kier molecular flexibility index (Phi) is 3.56. The fourth-order valence-corrected chi connectivity index (χ4v) is 4.26. The highest BCUT2D eigenvalue weighted by molar-refractivity contribution is 5.88. The number of nitrogens with two attached hydrogens (primary N) is 1. The van der Waals surface area contributed by atoms with Gasteiger partial charge in [-0.05, 0) is 56.6 Å². The summed E-state index contributed by atoms with van der Waals surface area (Å²) >= 11 is 0. The van der Waals surface area contributed by atoms with Gasteiger partial charge in [-0.3, -0.25) is 4.79 Å². The molecule has 1 aliphatic carbocycles. The average molecular weight is 286 g/mol. The number of nitrogens with zero attached hydrogens (tertiary/aromatic N) is 1. The highest BCUT2D eigenvalue weighted by Gasteiger charge is 2.45. The van der Waals surface area contributed by atoms with Crippen molar-refractivity contribution in [2.24, 2.45) is 17.6 Å². The van der Waals surface area contributed by atoms with Crippen molar-refractivity contribution in [1.82, 2.24) is 4.90 Å². The number of aryl methyl sites for hydroxylation is 1. The molecule has 1 heterocycles. The van der Waals surface area contributed by atoms with Crippen molar-refractivity contribution in [3.63, 3.8) is 0 Å². The number of hydrogen-bond donors (Lipinski definition) is 1. The molecule has 3 rings (SSSR count). The van der Waals surface area contributed by atoms with Crippen molar-refractivity contribution in [2.45, 2.75) is 45.1 Å². The summed E-state index contributed by atoms with van der Waals surface area (Å²) in [7, 11) is 0. The van der Waals surface area contributed by atoms with Crippen molar-refractivity contribution >= 4 is 5.91 Å². The SMILES string of the molecule is Cc1ccccc1C(C)(C)C(=O)N1CC2CCC(N)C2C1. The first-order valence-electron chi connectivity index (χ1n) is 8.02. The Labute approximate surface area is 127 Å². The Balaban J connectivity index is 1.81. The summed E-state index contributed by atoms with van der Waals surface area (Å²) in [4.78, 5) is 15.1. The number of fused-ring (bicyclic) bond motifs is 1. The molecule has 0 bridgehead atoms. The molecule has 3 unspecified atom stereocenters. The zero-order valence-electron chi connectivity index (χ0n) is 13.3. The monoisotopic (exact) mass is 286 g/mol.